The average molecular weight is 384 g/mol. The monoisotopic (exact) mass is 384 g/mol. The Labute approximate surface area is 165 Å². The summed E-state index contributed by atoms with van der Waals surface area (Å²) in [5.74, 6) is -0.380. The lowest BCUT2D eigenvalue weighted by Gasteiger charge is -2.61. The minimum atomic E-state index is -0.674. The Morgan fingerprint density at radius 2 is 2.18 bits per heavy atom. The molecule has 1 saturated carbocycles. The van der Waals surface area contributed by atoms with Gasteiger partial charge in [0, 0.05) is 43.8 Å². The summed E-state index contributed by atoms with van der Waals surface area (Å²) in [6.07, 6.45) is 4.14. The summed E-state index contributed by atoms with van der Waals surface area (Å²) in [6.45, 7) is 5.15. The van der Waals surface area contributed by atoms with Gasteiger partial charge in [-0.15, -0.1) is 0 Å². The summed E-state index contributed by atoms with van der Waals surface area (Å²) in [7, 11) is 3.41. The quantitative estimate of drug-likeness (QED) is 0.750. The van der Waals surface area contributed by atoms with E-state index in [1.54, 1.807) is 14.2 Å². The van der Waals surface area contributed by atoms with Crippen molar-refractivity contribution in [1.29, 1.82) is 0 Å². The smallest absolute Gasteiger partial charge is 0.186 e. The van der Waals surface area contributed by atoms with E-state index in [1.807, 2.05) is 0 Å². The van der Waals surface area contributed by atoms with Crippen LogP contribution in [0, 0.1) is 11.8 Å². The highest BCUT2D eigenvalue weighted by Gasteiger charge is 2.64. The maximum atomic E-state index is 6.21. The fourth-order valence-corrected chi connectivity index (χ4v) is 5.36. The molecule has 0 amide bonds. The third-order valence-corrected chi connectivity index (χ3v) is 6.73. The molecule has 0 spiro atoms. The molecule has 150 valence electrons. The third-order valence-electron chi connectivity index (χ3n) is 6.73. The molecule has 2 N–H and O–H groups in total. The SMILES string of the molecule is C=C1[C@H]2O[C@@H](OC)[C@H]3[C@H]1C[C@@H](NCCc1c[nH]c4ccccc14)C[C@@]3(OC)O2. The molecule has 1 aliphatic carbocycles. The molecular formula is C22H28N2O4. The fourth-order valence-electron chi connectivity index (χ4n) is 5.36. The zero-order chi connectivity index (χ0) is 19.3. The van der Waals surface area contributed by atoms with Crippen LogP contribution >= 0.6 is 0 Å². The highest BCUT2D eigenvalue weighted by atomic mass is 16.8. The first-order valence-electron chi connectivity index (χ1n) is 10.0. The van der Waals surface area contributed by atoms with Crippen molar-refractivity contribution < 1.29 is 18.9 Å². The number of para-hydroxylation sites is 1. The van der Waals surface area contributed by atoms with Crippen LogP contribution in [0.2, 0.25) is 0 Å². The van der Waals surface area contributed by atoms with Crippen LogP contribution in [0.5, 0.6) is 0 Å². The number of ether oxygens (including phenoxy) is 4. The molecule has 4 fully saturated rings. The Balaban J connectivity index is 1.28. The van der Waals surface area contributed by atoms with E-state index in [0.29, 0.717) is 6.04 Å². The van der Waals surface area contributed by atoms with Crippen molar-refractivity contribution in [3.05, 3.63) is 48.2 Å². The van der Waals surface area contributed by atoms with E-state index in [1.165, 1.54) is 16.5 Å². The molecule has 1 aromatic carbocycles. The summed E-state index contributed by atoms with van der Waals surface area (Å²) < 4.78 is 23.6. The molecule has 3 saturated heterocycles. The Morgan fingerprint density at radius 3 is 3.00 bits per heavy atom. The predicted octanol–water partition coefficient (Wildman–Crippen LogP) is 2.95. The highest BCUT2D eigenvalue weighted by molar-refractivity contribution is 5.83. The second-order valence-corrected chi connectivity index (χ2v) is 8.11. The van der Waals surface area contributed by atoms with Gasteiger partial charge < -0.3 is 29.2 Å². The first-order valence-corrected chi connectivity index (χ1v) is 10.0. The van der Waals surface area contributed by atoms with Gasteiger partial charge in [-0.1, -0.05) is 24.8 Å². The van der Waals surface area contributed by atoms with Gasteiger partial charge in [0.1, 0.15) is 0 Å². The normalized spacial score (nSPS) is 36.9. The van der Waals surface area contributed by atoms with Crippen LogP contribution in [0.4, 0.5) is 0 Å². The summed E-state index contributed by atoms with van der Waals surface area (Å²) in [5, 5.41) is 5.03. The molecule has 6 rings (SSSR count). The summed E-state index contributed by atoms with van der Waals surface area (Å²) in [5.41, 5.74) is 3.54. The average Bonchev–Trinajstić information content (AvgIpc) is 3.14. The van der Waals surface area contributed by atoms with Gasteiger partial charge in [-0.05, 0) is 42.5 Å². The topological polar surface area (TPSA) is 64.7 Å². The van der Waals surface area contributed by atoms with Gasteiger partial charge in [0.2, 0.25) is 0 Å². The van der Waals surface area contributed by atoms with E-state index < -0.39 is 12.1 Å². The Hall–Kier alpha value is -1.70. The second kappa shape index (κ2) is 6.97. The van der Waals surface area contributed by atoms with Crippen molar-refractivity contribution in [2.75, 3.05) is 20.8 Å². The van der Waals surface area contributed by atoms with Crippen molar-refractivity contribution in [2.45, 2.75) is 43.7 Å². The van der Waals surface area contributed by atoms with Crippen molar-refractivity contribution in [3.8, 4) is 0 Å². The van der Waals surface area contributed by atoms with Crippen LogP contribution in [-0.4, -0.2) is 50.2 Å². The number of fused-ring (bicyclic) bond motifs is 2. The van der Waals surface area contributed by atoms with Gasteiger partial charge in [-0.2, -0.15) is 0 Å². The van der Waals surface area contributed by atoms with Crippen LogP contribution in [0.15, 0.2) is 42.6 Å². The zero-order valence-electron chi connectivity index (χ0n) is 16.4. The lowest BCUT2D eigenvalue weighted by molar-refractivity contribution is -0.445. The lowest BCUT2D eigenvalue weighted by atomic mass is 9.66. The van der Waals surface area contributed by atoms with Gasteiger partial charge in [-0.3, -0.25) is 0 Å². The van der Waals surface area contributed by atoms with Gasteiger partial charge in [-0.25, -0.2) is 0 Å². The van der Waals surface area contributed by atoms with E-state index in [2.05, 4.69) is 47.3 Å². The van der Waals surface area contributed by atoms with E-state index in [0.717, 1.165) is 31.4 Å². The molecule has 2 aromatic rings. The number of nitrogens with one attached hydrogen (secondary N) is 2. The minimum absolute atomic E-state index is 0.0201. The van der Waals surface area contributed by atoms with E-state index >= 15 is 0 Å². The van der Waals surface area contributed by atoms with Gasteiger partial charge >= 0.3 is 0 Å². The van der Waals surface area contributed by atoms with Crippen LogP contribution < -0.4 is 5.32 Å². The molecule has 3 aliphatic heterocycles. The number of methoxy groups -OCH3 is 2. The number of aromatic amines is 1. The number of aromatic nitrogens is 1. The van der Waals surface area contributed by atoms with Gasteiger partial charge in [0.25, 0.3) is 0 Å². The largest absolute Gasteiger partial charge is 0.361 e. The molecule has 1 aromatic heterocycles. The maximum Gasteiger partial charge on any atom is 0.186 e. The fraction of sp³-hybridized carbons (Fsp3) is 0.545. The van der Waals surface area contributed by atoms with Crippen LogP contribution in [0.1, 0.15) is 18.4 Å². The number of hydrogen-bond donors (Lipinski definition) is 2. The Morgan fingerprint density at radius 1 is 1.32 bits per heavy atom. The molecule has 4 heterocycles. The van der Waals surface area contributed by atoms with Crippen LogP contribution in [0.25, 0.3) is 10.9 Å². The molecule has 0 radical (unpaired) electrons. The third kappa shape index (κ3) is 2.75. The molecule has 28 heavy (non-hydrogen) atoms. The molecule has 6 heteroatoms. The standard InChI is InChI=1S/C22H28N2O4/c1-13-17-10-15(11-22(26-3)19(17)21(25-2)27-20(13)28-22)23-9-8-14-12-24-18-7-5-4-6-16(14)18/h4-7,12,15,17,19-21,23-24H,1,8-11H2,2-3H3/t15-,17+,19-,20+,21-,22-/m1/s1. The van der Waals surface area contributed by atoms with Crippen molar-refractivity contribution in [2.24, 2.45) is 11.8 Å². The summed E-state index contributed by atoms with van der Waals surface area (Å²) >= 11 is 0. The summed E-state index contributed by atoms with van der Waals surface area (Å²) in [6, 6.07) is 8.74. The van der Waals surface area contributed by atoms with Crippen LogP contribution in [-0.2, 0) is 25.4 Å². The number of rotatable bonds is 6. The number of benzene rings is 1. The predicted molar refractivity (Wildman–Crippen MR) is 106 cm³/mol. The second-order valence-electron chi connectivity index (χ2n) is 8.11. The molecule has 6 nitrogen and oxygen atoms in total. The molecule has 4 bridgehead atoms. The number of H-pyrrole nitrogens is 1. The van der Waals surface area contributed by atoms with E-state index in [-0.39, 0.29) is 18.1 Å². The maximum absolute atomic E-state index is 6.21. The molecular weight excluding hydrogens is 356 g/mol. The highest BCUT2D eigenvalue weighted by Crippen LogP contribution is 2.56. The van der Waals surface area contributed by atoms with Gasteiger partial charge in [0.15, 0.2) is 18.4 Å². The summed E-state index contributed by atoms with van der Waals surface area (Å²) in [4.78, 5) is 3.35. The minimum Gasteiger partial charge on any atom is -0.361 e. The molecule has 6 atom stereocenters. The molecule has 0 unspecified atom stereocenters. The van der Waals surface area contributed by atoms with Crippen LogP contribution in [0.3, 0.4) is 0 Å². The first kappa shape index (κ1) is 18.3. The van der Waals surface area contributed by atoms with Crippen molar-refractivity contribution in [3.63, 3.8) is 0 Å². The number of hydrogen-bond acceptors (Lipinski definition) is 5. The van der Waals surface area contributed by atoms with Gasteiger partial charge in [0.05, 0.1) is 5.92 Å². The lowest BCUT2D eigenvalue weighted by Crippen LogP contribution is -2.69. The zero-order valence-corrected chi connectivity index (χ0v) is 16.4. The Bertz CT molecular complexity index is 880. The molecule has 4 aliphatic rings. The van der Waals surface area contributed by atoms with E-state index in [4.69, 9.17) is 18.9 Å². The first-order chi connectivity index (χ1) is 13.6. The Kier molecular flexibility index (Phi) is 4.56. The van der Waals surface area contributed by atoms with Crippen molar-refractivity contribution in [1.82, 2.24) is 10.3 Å². The van der Waals surface area contributed by atoms with Crippen molar-refractivity contribution >= 4 is 10.9 Å². The van der Waals surface area contributed by atoms with E-state index in [9.17, 15) is 0 Å².